The highest BCUT2D eigenvalue weighted by Crippen LogP contribution is 2.33. The SMILES string of the molecule is CCC(C)(C)CC(C)(C)OOC(=O)OC(C)(C)CC(C)(C)C. The third-order valence-electron chi connectivity index (χ3n) is 3.51. The second-order valence-corrected chi connectivity index (χ2v) is 9.47. The lowest BCUT2D eigenvalue weighted by molar-refractivity contribution is -0.327. The highest BCUT2D eigenvalue weighted by Gasteiger charge is 2.33. The molecule has 0 aliphatic rings. The van der Waals surface area contributed by atoms with E-state index in [0.717, 1.165) is 19.3 Å². The second-order valence-electron chi connectivity index (χ2n) is 9.47. The third kappa shape index (κ3) is 10.0. The van der Waals surface area contributed by atoms with E-state index in [1.807, 2.05) is 27.7 Å². The molecule has 132 valence electrons. The van der Waals surface area contributed by atoms with Crippen LogP contribution < -0.4 is 0 Å². The van der Waals surface area contributed by atoms with Crippen LogP contribution in [0.3, 0.4) is 0 Å². The molecular weight excluding hydrogens is 280 g/mol. The Balaban J connectivity index is 4.45. The lowest BCUT2D eigenvalue weighted by Gasteiger charge is -2.34. The fourth-order valence-electron chi connectivity index (χ4n) is 3.01. The predicted octanol–water partition coefficient (Wildman–Crippen LogP) is 5.89. The Kier molecular flexibility index (Phi) is 6.95. The van der Waals surface area contributed by atoms with E-state index in [2.05, 4.69) is 41.5 Å². The summed E-state index contributed by atoms with van der Waals surface area (Å²) in [6, 6.07) is 0. The first-order valence-electron chi connectivity index (χ1n) is 8.16. The van der Waals surface area contributed by atoms with Crippen LogP contribution >= 0.6 is 0 Å². The minimum absolute atomic E-state index is 0.0645. The van der Waals surface area contributed by atoms with Gasteiger partial charge in [-0.25, -0.2) is 4.79 Å². The van der Waals surface area contributed by atoms with Crippen LogP contribution in [0.25, 0.3) is 0 Å². The van der Waals surface area contributed by atoms with E-state index in [1.54, 1.807) is 0 Å². The highest BCUT2D eigenvalue weighted by atomic mass is 17.2. The van der Waals surface area contributed by atoms with Gasteiger partial charge in [0, 0.05) is 0 Å². The lowest BCUT2D eigenvalue weighted by atomic mass is 9.80. The van der Waals surface area contributed by atoms with Crippen LogP contribution in [0, 0.1) is 10.8 Å². The first-order chi connectivity index (χ1) is 9.58. The molecule has 0 aromatic rings. The number of hydrogen-bond donors (Lipinski definition) is 0. The molecule has 0 fully saturated rings. The molecule has 0 aliphatic heterocycles. The average molecular weight is 316 g/mol. The first kappa shape index (κ1) is 21.2. The Morgan fingerprint density at radius 2 is 1.32 bits per heavy atom. The molecule has 22 heavy (non-hydrogen) atoms. The van der Waals surface area contributed by atoms with Gasteiger partial charge < -0.3 is 4.74 Å². The molecule has 0 aliphatic carbocycles. The zero-order valence-corrected chi connectivity index (χ0v) is 16.3. The second kappa shape index (κ2) is 7.20. The normalized spacial score (nSPS) is 13.9. The van der Waals surface area contributed by atoms with Crippen molar-refractivity contribution in [2.45, 2.75) is 99.7 Å². The maximum Gasteiger partial charge on any atom is 0.541 e. The van der Waals surface area contributed by atoms with E-state index in [9.17, 15) is 4.79 Å². The maximum atomic E-state index is 11.9. The molecular formula is C18H36O4. The third-order valence-corrected chi connectivity index (χ3v) is 3.51. The highest BCUT2D eigenvalue weighted by molar-refractivity contribution is 5.59. The fourth-order valence-corrected chi connectivity index (χ4v) is 3.01. The van der Waals surface area contributed by atoms with Crippen molar-refractivity contribution < 1.29 is 19.3 Å². The lowest BCUT2D eigenvalue weighted by Crippen LogP contribution is -2.36. The van der Waals surface area contributed by atoms with Crippen LogP contribution in [-0.2, 0) is 14.5 Å². The van der Waals surface area contributed by atoms with Crippen molar-refractivity contribution in [3.05, 3.63) is 0 Å². The summed E-state index contributed by atoms with van der Waals surface area (Å²) in [6.45, 7) is 20.4. The number of carbonyl (C=O) groups is 1. The van der Waals surface area contributed by atoms with Crippen molar-refractivity contribution in [2.24, 2.45) is 10.8 Å². The Morgan fingerprint density at radius 1 is 0.818 bits per heavy atom. The van der Waals surface area contributed by atoms with Gasteiger partial charge in [-0.2, -0.15) is 4.89 Å². The van der Waals surface area contributed by atoms with E-state index in [0.29, 0.717) is 0 Å². The van der Waals surface area contributed by atoms with Gasteiger partial charge in [-0.1, -0.05) is 48.0 Å². The van der Waals surface area contributed by atoms with Crippen molar-refractivity contribution in [1.29, 1.82) is 0 Å². The van der Waals surface area contributed by atoms with Crippen molar-refractivity contribution >= 4 is 6.16 Å². The van der Waals surface area contributed by atoms with E-state index >= 15 is 0 Å². The molecule has 4 nitrogen and oxygen atoms in total. The van der Waals surface area contributed by atoms with Crippen molar-refractivity contribution in [2.75, 3.05) is 0 Å². The van der Waals surface area contributed by atoms with Crippen LogP contribution in [0.15, 0.2) is 0 Å². The van der Waals surface area contributed by atoms with Crippen molar-refractivity contribution in [3.63, 3.8) is 0 Å². The van der Waals surface area contributed by atoms with Crippen LogP contribution in [-0.4, -0.2) is 17.4 Å². The molecule has 0 spiro atoms. The molecule has 0 N–H and O–H groups in total. The smallest absolute Gasteiger partial charge is 0.426 e. The van der Waals surface area contributed by atoms with Gasteiger partial charge >= 0.3 is 6.16 Å². The zero-order chi connectivity index (χ0) is 17.8. The van der Waals surface area contributed by atoms with E-state index in [-0.39, 0.29) is 10.8 Å². The minimum Gasteiger partial charge on any atom is -0.426 e. The van der Waals surface area contributed by atoms with Crippen LogP contribution in [0.1, 0.15) is 88.5 Å². The van der Waals surface area contributed by atoms with Gasteiger partial charge in [-0.05, 0) is 51.4 Å². The molecule has 4 heteroatoms. The average Bonchev–Trinajstić information content (AvgIpc) is 2.21. The Bertz CT molecular complexity index is 362. The first-order valence-corrected chi connectivity index (χ1v) is 8.16. The summed E-state index contributed by atoms with van der Waals surface area (Å²) in [7, 11) is 0. The van der Waals surface area contributed by atoms with E-state index < -0.39 is 17.4 Å². The molecule has 0 rings (SSSR count). The van der Waals surface area contributed by atoms with Gasteiger partial charge in [-0.15, -0.1) is 0 Å². The molecule has 0 unspecified atom stereocenters. The molecule has 0 aromatic carbocycles. The summed E-state index contributed by atoms with van der Waals surface area (Å²) < 4.78 is 5.38. The number of hydrogen-bond acceptors (Lipinski definition) is 4. The van der Waals surface area contributed by atoms with Gasteiger partial charge in [0.25, 0.3) is 0 Å². The summed E-state index contributed by atoms with van der Waals surface area (Å²) in [5, 5.41) is 0. The van der Waals surface area contributed by atoms with Gasteiger partial charge in [0.1, 0.15) is 11.2 Å². The van der Waals surface area contributed by atoms with Crippen molar-refractivity contribution in [1.82, 2.24) is 0 Å². The van der Waals surface area contributed by atoms with E-state index in [4.69, 9.17) is 14.5 Å². The molecule has 0 saturated carbocycles. The molecule has 0 saturated heterocycles. The van der Waals surface area contributed by atoms with Crippen LogP contribution in [0.2, 0.25) is 0 Å². The van der Waals surface area contributed by atoms with Gasteiger partial charge in [0.2, 0.25) is 0 Å². The number of ether oxygens (including phenoxy) is 1. The number of rotatable bonds is 7. The van der Waals surface area contributed by atoms with E-state index in [1.165, 1.54) is 0 Å². The van der Waals surface area contributed by atoms with Gasteiger partial charge in [-0.3, -0.25) is 4.89 Å². The van der Waals surface area contributed by atoms with Crippen molar-refractivity contribution in [3.8, 4) is 0 Å². The molecule has 0 amide bonds. The van der Waals surface area contributed by atoms with Gasteiger partial charge in [0.15, 0.2) is 0 Å². The predicted molar refractivity (Wildman–Crippen MR) is 89.6 cm³/mol. The van der Waals surface area contributed by atoms with Crippen LogP contribution in [0.4, 0.5) is 4.79 Å². The summed E-state index contributed by atoms with van der Waals surface area (Å²) >= 11 is 0. The summed E-state index contributed by atoms with van der Waals surface area (Å²) in [4.78, 5) is 22.1. The topological polar surface area (TPSA) is 44.8 Å². The maximum absolute atomic E-state index is 11.9. The molecule has 0 aromatic heterocycles. The largest absolute Gasteiger partial charge is 0.541 e. The molecule has 0 bridgehead atoms. The summed E-state index contributed by atoms with van der Waals surface area (Å²) in [5.41, 5.74) is -0.949. The standard InChI is InChI=1S/C18H36O4/c1-11-16(5,6)13-18(9,10)22-21-14(19)20-17(7,8)12-15(2,3)4/h11-13H2,1-10H3. The fraction of sp³-hybridized carbons (Fsp3) is 0.944. The Morgan fingerprint density at radius 3 is 1.73 bits per heavy atom. The summed E-state index contributed by atoms with van der Waals surface area (Å²) in [6.07, 6.45) is 1.77. The Hall–Kier alpha value is -0.770. The van der Waals surface area contributed by atoms with Gasteiger partial charge in [0.05, 0.1) is 0 Å². The molecule has 0 radical (unpaired) electrons. The molecule has 0 heterocycles. The number of carbonyl (C=O) groups excluding carboxylic acids is 1. The minimum atomic E-state index is -0.781. The summed E-state index contributed by atoms with van der Waals surface area (Å²) in [5.74, 6) is 0. The quantitative estimate of drug-likeness (QED) is 0.334. The van der Waals surface area contributed by atoms with Crippen LogP contribution in [0.5, 0.6) is 0 Å². The monoisotopic (exact) mass is 316 g/mol. The molecule has 0 atom stereocenters. The zero-order valence-electron chi connectivity index (χ0n) is 16.3. The Labute approximate surface area is 136 Å².